The van der Waals surface area contributed by atoms with Crippen LogP contribution in [0.4, 0.5) is 0 Å². The largest absolute Gasteiger partial charge is 0.456 e. The smallest absolute Gasteiger partial charge is 0.325 e. The van der Waals surface area contributed by atoms with E-state index in [0.717, 1.165) is 15.4 Å². The molecule has 0 radical (unpaired) electrons. The lowest BCUT2D eigenvalue weighted by Crippen LogP contribution is -2.41. The molecule has 8 nitrogen and oxygen atoms in total. The van der Waals surface area contributed by atoms with E-state index < -0.39 is 40.5 Å². The van der Waals surface area contributed by atoms with Gasteiger partial charge in [-0.25, -0.2) is 8.42 Å². The van der Waals surface area contributed by atoms with Crippen molar-refractivity contribution < 1.29 is 27.9 Å². The number of ketones is 1. The van der Waals surface area contributed by atoms with Crippen LogP contribution in [0.1, 0.15) is 16.8 Å². The van der Waals surface area contributed by atoms with E-state index in [1.165, 1.54) is 18.2 Å². The molecule has 0 bridgehead atoms. The van der Waals surface area contributed by atoms with Crippen molar-refractivity contribution in [3.8, 4) is 11.3 Å². The number of β-amino-alcohol motifs (C(OH)–C–C–N with tert-alkyl or cyclic N) is 1. The number of aryl methyl sites for hydroxylation is 1. The van der Waals surface area contributed by atoms with Gasteiger partial charge in [0.2, 0.25) is 15.8 Å². The summed E-state index contributed by atoms with van der Waals surface area (Å²) in [6, 6.07) is 19.3. The zero-order valence-electron chi connectivity index (χ0n) is 20.8. The van der Waals surface area contributed by atoms with E-state index in [9.17, 15) is 23.1 Å². The molecule has 1 fully saturated rings. The number of aromatic nitrogens is 1. The molecule has 3 aromatic carbocycles. The fraction of sp³-hybridized carbons (Fsp3) is 0.214. The number of ether oxygens (including phenoxy) is 1. The maximum Gasteiger partial charge on any atom is 0.325 e. The number of aliphatic hydroxyl groups excluding tert-OH is 1. The number of para-hydroxylation sites is 1. The Morgan fingerprint density at radius 2 is 1.69 bits per heavy atom. The molecule has 202 valence electrons. The SMILES string of the molecule is Cn1c(-c2ccccc2)c(C(=O)COC(=O)C2CC(O)CN2S(=O)(=O)c2ccc(Cl)c(Cl)c2)c2ccccc21. The first kappa shape index (κ1) is 27.4. The highest BCUT2D eigenvalue weighted by atomic mass is 35.5. The van der Waals surface area contributed by atoms with Gasteiger partial charge >= 0.3 is 5.97 Å². The summed E-state index contributed by atoms with van der Waals surface area (Å²) in [6.45, 7) is -0.905. The predicted octanol–water partition coefficient (Wildman–Crippen LogP) is 4.70. The van der Waals surface area contributed by atoms with Gasteiger partial charge in [-0.15, -0.1) is 0 Å². The van der Waals surface area contributed by atoms with E-state index in [0.29, 0.717) is 16.6 Å². The molecule has 5 rings (SSSR count). The molecule has 0 aliphatic carbocycles. The van der Waals surface area contributed by atoms with Gasteiger partial charge in [-0.2, -0.15) is 4.31 Å². The Morgan fingerprint density at radius 1 is 1.00 bits per heavy atom. The summed E-state index contributed by atoms with van der Waals surface area (Å²) in [5, 5.41) is 11.2. The predicted molar refractivity (Wildman–Crippen MR) is 148 cm³/mol. The van der Waals surface area contributed by atoms with Gasteiger partial charge in [-0.3, -0.25) is 9.59 Å². The standard InChI is InChI=1S/C28H24Cl2N2O6S/c1-31-23-10-6-5-9-20(23)26(27(31)17-7-3-2-4-8-17)25(34)16-38-28(35)24-13-18(33)15-32(24)39(36,37)19-11-12-21(29)22(30)14-19/h2-12,14,18,24,33H,13,15-16H2,1H3. The summed E-state index contributed by atoms with van der Waals surface area (Å²) in [5.74, 6) is -1.36. The molecule has 1 aliphatic rings. The number of carbonyl (C=O) groups excluding carboxylic acids is 2. The average Bonchev–Trinajstić information content (AvgIpc) is 3.47. The molecule has 0 amide bonds. The van der Waals surface area contributed by atoms with E-state index in [1.807, 2.05) is 66.2 Å². The fourth-order valence-electron chi connectivity index (χ4n) is 4.95. The highest BCUT2D eigenvalue weighted by Gasteiger charge is 2.44. The van der Waals surface area contributed by atoms with Crippen molar-refractivity contribution in [3.63, 3.8) is 0 Å². The zero-order chi connectivity index (χ0) is 27.9. The summed E-state index contributed by atoms with van der Waals surface area (Å²) >= 11 is 11.9. The van der Waals surface area contributed by atoms with Crippen LogP contribution in [0, 0.1) is 0 Å². The fourth-order valence-corrected chi connectivity index (χ4v) is 6.97. The van der Waals surface area contributed by atoms with Crippen LogP contribution in [0.5, 0.6) is 0 Å². The second-order valence-electron chi connectivity index (χ2n) is 9.25. The monoisotopic (exact) mass is 586 g/mol. The van der Waals surface area contributed by atoms with E-state index in [1.54, 1.807) is 0 Å². The maximum atomic E-state index is 13.5. The Morgan fingerprint density at radius 3 is 2.41 bits per heavy atom. The summed E-state index contributed by atoms with van der Waals surface area (Å²) < 4.78 is 34.8. The lowest BCUT2D eigenvalue weighted by molar-refractivity contribution is -0.146. The summed E-state index contributed by atoms with van der Waals surface area (Å²) in [7, 11) is -2.36. The number of Topliss-reactive ketones (excluding diaryl/α,β-unsaturated/α-hetero) is 1. The molecule has 4 aromatic rings. The minimum atomic E-state index is -4.22. The van der Waals surface area contributed by atoms with Crippen molar-refractivity contribution in [2.24, 2.45) is 7.05 Å². The number of rotatable bonds is 7. The Labute approximate surface area is 235 Å². The average molecular weight is 587 g/mol. The van der Waals surface area contributed by atoms with Crippen LogP contribution >= 0.6 is 23.2 Å². The van der Waals surface area contributed by atoms with E-state index in [-0.39, 0.29) is 27.9 Å². The molecule has 1 aliphatic heterocycles. The first-order valence-corrected chi connectivity index (χ1v) is 14.3. The summed E-state index contributed by atoms with van der Waals surface area (Å²) in [6.07, 6.45) is -1.25. The van der Waals surface area contributed by atoms with Gasteiger partial charge in [-0.05, 0) is 29.8 Å². The second-order valence-corrected chi connectivity index (χ2v) is 12.0. The number of esters is 1. The van der Waals surface area contributed by atoms with Crippen molar-refractivity contribution >= 4 is 55.9 Å². The summed E-state index contributed by atoms with van der Waals surface area (Å²) in [4.78, 5) is 26.5. The first-order chi connectivity index (χ1) is 18.6. The van der Waals surface area contributed by atoms with Crippen LogP contribution in [0.3, 0.4) is 0 Å². The van der Waals surface area contributed by atoms with Crippen LogP contribution in [-0.2, 0) is 26.6 Å². The van der Waals surface area contributed by atoms with Crippen molar-refractivity contribution in [2.75, 3.05) is 13.2 Å². The van der Waals surface area contributed by atoms with Crippen LogP contribution in [0.2, 0.25) is 10.0 Å². The number of hydrogen-bond donors (Lipinski definition) is 1. The van der Waals surface area contributed by atoms with Crippen LogP contribution in [0.25, 0.3) is 22.2 Å². The van der Waals surface area contributed by atoms with E-state index >= 15 is 0 Å². The third-order valence-electron chi connectivity index (χ3n) is 6.78. The van der Waals surface area contributed by atoms with Crippen molar-refractivity contribution in [1.82, 2.24) is 8.87 Å². The van der Waals surface area contributed by atoms with Gasteiger partial charge in [0.1, 0.15) is 6.04 Å². The van der Waals surface area contributed by atoms with Gasteiger partial charge in [0.05, 0.1) is 32.3 Å². The number of benzene rings is 3. The Hall–Kier alpha value is -3.21. The van der Waals surface area contributed by atoms with E-state index in [2.05, 4.69) is 0 Å². The van der Waals surface area contributed by atoms with Crippen LogP contribution < -0.4 is 0 Å². The molecule has 39 heavy (non-hydrogen) atoms. The van der Waals surface area contributed by atoms with Gasteiger partial charge in [0, 0.05) is 30.9 Å². The molecular formula is C28H24Cl2N2O6S. The number of aliphatic hydroxyl groups is 1. The Balaban J connectivity index is 1.41. The number of hydrogen-bond acceptors (Lipinski definition) is 6. The number of halogens is 2. The summed E-state index contributed by atoms with van der Waals surface area (Å²) in [5.41, 5.74) is 2.74. The molecule has 1 saturated heterocycles. The molecule has 1 N–H and O–H groups in total. The minimum absolute atomic E-state index is 0.0338. The lowest BCUT2D eigenvalue weighted by Gasteiger charge is -2.22. The van der Waals surface area contributed by atoms with Crippen LogP contribution in [-0.4, -0.2) is 59.4 Å². The number of sulfonamides is 1. The van der Waals surface area contributed by atoms with Crippen molar-refractivity contribution in [1.29, 1.82) is 0 Å². The lowest BCUT2D eigenvalue weighted by atomic mass is 10.0. The highest BCUT2D eigenvalue weighted by molar-refractivity contribution is 7.89. The molecule has 1 aromatic heterocycles. The molecule has 0 saturated carbocycles. The molecule has 2 unspecified atom stereocenters. The Bertz CT molecular complexity index is 1690. The van der Waals surface area contributed by atoms with Crippen molar-refractivity contribution in [3.05, 3.63) is 88.4 Å². The quantitative estimate of drug-likeness (QED) is 0.248. The number of carbonyl (C=O) groups is 2. The first-order valence-electron chi connectivity index (χ1n) is 12.1. The third-order valence-corrected chi connectivity index (χ3v) is 9.39. The normalized spacial score (nSPS) is 17.9. The maximum absolute atomic E-state index is 13.5. The Kier molecular flexibility index (Phi) is 7.54. The van der Waals surface area contributed by atoms with Gasteiger partial charge in [0.15, 0.2) is 6.61 Å². The number of nitrogens with zero attached hydrogens (tertiary/aromatic N) is 2. The topological polar surface area (TPSA) is 106 Å². The van der Waals surface area contributed by atoms with Gasteiger partial charge in [-0.1, -0.05) is 71.7 Å². The zero-order valence-corrected chi connectivity index (χ0v) is 23.1. The molecule has 2 atom stereocenters. The third kappa shape index (κ3) is 5.08. The van der Waals surface area contributed by atoms with Crippen molar-refractivity contribution in [2.45, 2.75) is 23.5 Å². The van der Waals surface area contributed by atoms with Gasteiger partial charge < -0.3 is 14.4 Å². The van der Waals surface area contributed by atoms with E-state index in [4.69, 9.17) is 27.9 Å². The highest BCUT2D eigenvalue weighted by Crippen LogP contribution is 2.34. The molecule has 11 heteroatoms. The minimum Gasteiger partial charge on any atom is -0.456 e. The number of fused-ring (bicyclic) bond motifs is 1. The molecule has 2 heterocycles. The van der Waals surface area contributed by atoms with Crippen LogP contribution in [0.15, 0.2) is 77.7 Å². The molecule has 0 spiro atoms. The van der Waals surface area contributed by atoms with Gasteiger partial charge in [0.25, 0.3) is 0 Å². The second kappa shape index (κ2) is 10.7. The molecular weight excluding hydrogens is 563 g/mol.